The summed E-state index contributed by atoms with van der Waals surface area (Å²) in [5.41, 5.74) is 0.789. The molecule has 0 radical (unpaired) electrons. The first kappa shape index (κ1) is 24.0. The van der Waals surface area contributed by atoms with E-state index in [2.05, 4.69) is 20.6 Å². The number of halogens is 1. The van der Waals surface area contributed by atoms with Crippen molar-refractivity contribution in [2.45, 2.75) is 26.1 Å². The number of hydrogen-bond donors (Lipinski definition) is 3. The van der Waals surface area contributed by atoms with E-state index in [1.54, 1.807) is 31.6 Å². The van der Waals surface area contributed by atoms with Crippen LogP contribution in [0.4, 0.5) is 0 Å². The number of guanidine groups is 1. The lowest BCUT2D eigenvalue weighted by molar-refractivity contribution is 0.187. The number of aliphatic hydroxyl groups is 1. The Labute approximate surface area is 183 Å². The summed E-state index contributed by atoms with van der Waals surface area (Å²) in [5, 5.41) is 16.6. The van der Waals surface area contributed by atoms with Gasteiger partial charge in [0, 0.05) is 18.9 Å². The summed E-state index contributed by atoms with van der Waals surface area (Å²) in [5.74, 6) is 2.02. The molecule has 154 valence electrons. The van der Waals surface area contributed by atoms with Gasteiger partial charge in [0.1, 0.15) is 6.10 Å². The normalized spacial score (nSPS) is 13.1. The molecule has 2 rings (SSSR count). The minimum atomic E-state index is -0.675. The molecule has 2 unspecified atom stereocenters. The zero-order valence-corrected chi connectivity index (χ0v) is 18.8. The van der Waals surface area contributed by atoms with E-state index in [4.69, 9.17) is 9.47 Å². The van der Waals surface area contributed by atoms with E-state index in [1.807, 2.05) is 38.1 Å². The van der Waals surface area contributed by atoms with Crippen LogP contribution < -0.4 is 20.1 Å². The quantitative estimate of drug-likeness (QED) is 0.279. The standard InChI is InChI=1S/C20H28N4O3.HI/c1-4-22-20(24-14-17(25)16-9-11-21-12-10-16)23-13-15(2)27-19-8-6-5-7-18(19)26-3;/h5-12,15,17,25H,4,13-14H2,1-3H3,(H2,22,23,24);1H. The van der Waals surface area contributed by atoms with Crippen LogP contribution in [0.1, 0.15) is 25.5 Å². The number of methoxy groups -OCH3 is 1. The monoisotopic (exact) mass is 500 g/mol. The largest absolute Gasteiger partial charge is 0.493 e. The highest BCUT2D eigenvalue weighted by Gasteiger charge is 2.10. The van der Waals surface area contributed by atoms with Crippen LogP contribution >= 0.6 is 24.0 Å². The van der Waals surface area contributed by atoms with E-state index in [-0.39, 0.29) is 36.6 Å². The Bertz CT molecular complexity index is 716. The Morgan fingerprint density at radius 2 is 1.82 bits per heavy atom. The molecule has 0 amide bonds. The molecule has 3 N–H and O–H groups in total. The summed E-state index contributed by atoms with van der Waals surface area (Å²) >= 11 is 0. The van der Waals surface area contributed by atoms with Crippen LogP contribution in [0.2, 0.25) is 0 Å². The topological polar surface area (TPSA) is 88.0 Å². The molecule has 28 heavy (non-hydrogen) atoms. The molecule has 0 aliphatic heterocycles. The molecule has 0 aliphatic carbocycles. The Morgan fingerprint density at radius 3 is 2.46 bits per heavy atom. The first-order chi connectivity index (χ1) is 13.1. The molecule has 0 saturated heterocycles. The van der Waals surface area contributed by atoms with Crippen LogP contribution in [0.25, 0.3) is 0 Å². The molecular formula is C20H29IN4O3. The SMILES string of the molecule is CCNC(=NCC(O)c1ccncc1)NCC(C)Oc1ccccc1OC.I. The van der Waals surface area contributed by atoms with Crippen molar-refractivity contribution < 1.29 is 14.6 Å². The van der Waals surface area contributed by atoms with Gasteiger partial charge in [0.05, 0.1) is 26.3 Å². The molecule has 1 aromatic heterocycles. The molecule has 2 atom stereocenters. The van der Waals surface area contributed by atoms with Crippen LogP contribution in [-0.4, -0.2) is 48.9 Å². The molecule has 0 saturated carbocycles. The highest BCUT2D eigenvalue weighted by molar-refractivity contribution is 14.0. The third kappa shape index (κ3) is 7.89. The van der Waals surface area contributed by atoms with E-state index in [9.17, 15) is 5.11 Å². The van der Waals surface area contributed by atoms with Gasteiger partial charge >= 0.3 is 0 Å². The lowest BCUT2D eigenvalue weighted by atomic mass is 10.1. The van der Waals surface area contributed by atoms with E-state index >= 15 is 0 Å². The highest BCUT2D eigenvalue weighted by Crippen LogP contribution is 2.26. The fourth-order valence-corrected chi connectivity index (χ4v) is 2.43. The third-order valence-electron chi connectivity index (χ3n) is 3.81. The van der Waals surface area contributed by atoms with Crippen LogP contribution in [0, 0.1) is 0 Å². The molecular weight excluding hydrogens is 471 g/mol. The zero-order valence-electron chi connectivity index (χ0n) is 16.5. The van der Waals surface area contributed by atoms with Gasteiger partial charge in [-0.2, -0.15) is 0 Å². The molecule has 0 fully saturated rings. The van der Waals surface area contributed by atoms with Crippen LogP contribution in [-0.2, 0) is 0 Å². The summed E-state index contributed by atoms with van der Waals surface area (Å²) in [6.07, 6.45) is 2.53. The third-order valence-corrected chi connectivity index (χ3v) is 3.81. The van der Waals surface area contributed by atoms with Crippen LogP contribution in [0.15, 0.2) is 53.8 Å². The van der Waals surface area contributed by atoms with E-state index in [0.717, 1.165) is 12.1 Å². The van der Waals surface area contributed by atoms with E-state index in [0.29, 0.717) is 24.0 Å². The van der Waals surface area contributed by atoms with Crippen molar-refractivity contribution in [2.75, 3.05) is 26.7 Å². The van der Waals surface area contributed by atoms with E-state index in [1.165, 1.54) is 0 Å². The van der Waals surface area contributed by atoms with Crippen molar-refractivity contribution in [2.24, 2.45) is 4.99 Å². The number of nitrogens with zero attached hydrogens (tertiary/aromatic N) is 2. The number of aliphatic imine (C=N–C) groups is 1. The average Bonchev–Trinajstić information content (AvgIpc) is 2.71. The number of benzene rings is 1. The van der Waals surface area contributed by atoms with Gasteiger partial charge in [0.15, 0.2) is 17.5 Å². The molecule has 0 bridgehead atoms. The predicted molar refractivity (Wildman–Crippen MR) is 122 cm³/mol. The molecule has 0 aliphatic rings. The molecule has 8 heteroatoms. The van der Waals surface area contributed by atoms with Crippen molar-refractivity contribution in [3.63, 3.8) is 0 Å². The molecule has 2 aromatic rings. The minimum absolute atomic E-state index is 0. The average molecular weight is 500 g/mol. The number of ether oxygens (including phenoxy) is 2. The van der Waals surface area contributed by atoms with Gasteiger partial charge in [-0.3, -0.25) is 9.98 Å². The van der Waals surface area contributed by atoms with Gasteiger partial charge in [0.25, 0.3) is 0 Å². The molecule has 0 spiro atoms. The fourth-order valence-electron chi connectivity index (χ4n) is 2.43. The van der Waals surface area contributed by atoms with Crippen molar-refractivity contribution in [3.05, 3.63) is 54.4 Å². The van der Waals surface area contributed by atoms with Crippen molar-refractivity contribution >= 4 is 29.9 Å². The van der Waals surface area contributed by atoms with Gasteiger partial charge < -0.3 is 25.2 Å². The number of para-hydroxylation sites is 2. The summed E-state index contributed by atoms with van der Waals surface area (Å²) in [4.78, 5) is 8.40. The maximum atomic E-state index is 10.2. The van der Waals surface area contributed by atoms with Gasteiger partial charge in [-0.15, -0.1) is 24.0 Å². The summed E-state index contributed by atoms with van der Waals surface area (Å²) in [7, 11) is 1.62. The smallest absolute Gasteiger partial charge is 0.191 e. The lowest BCUT2D eigenvalue weighted by Crippen LogP contribution is -2.42. The Hall–Kier alpha value is -2.07. The number of pyridine rings is 1. The van der Waals surface area contributed by atoms with Gasteiger partial charge in [0.2, 0.25) is 0 Å². The number of rotatable bonds is 9. The zero-order chi connectivity index (χ0) is 19.5. The minimum Gasteiger partial charge on any atom is -0.493 e. The van der Waals surface area contributed by atoms with Crippen LogP contribution in [0.3, 0.4) is 0 Å². The number of aliphatic hydroxyl groups excluding tert-OH is 1. The van der Waals surface area contributed by atoms with Crippen molar-refractivity contribution in [1.29, 1.82) is 0 Å². The maximum Gasteiger partial charge on any atom is 0.191 e. The Morgan fingerprint density at radius 1 is 1.14 bits per heavy atom. The summed E-state index contributed by atoms with van der Waals surface area (Å²) in [6, 6.07) is 11.1. The molecule has 1 aromatic carbocycles. The van der Waals surface area contributed by atoms with Crippen molar-refractivity contribution in [3.8, 4) is 11.5 Å². The fraction of sp³-hybridized carbons (Fsp3) is 0.400. The van der Waals surface area contributed by atoms with Gasteiger partial charge in [-0.25, -0.2) is 0 Å². The van der Waals surface area contributed by atoms with Crippen LogP contribution in [0.5, 0.6) is 11.5 Å². The van der Waals surface area contributed by atoms with Gasteiger partial charge in [-0.1, -0.05) is 12.1 Å². The molecule has 7 nitrogen and oxygen atoms in total. The second-order valence-electron chi connectivity index (χ2n) is 5.98. The summed E-state index contributed by atoms with van der Waals surface area (Å²) in [6.45, 7) is 5.48. The Kier molecular flexibility index (Phi) is 11.3. The second kappa shape index (κ2) is 13.2. The lowest BCUT2D eigenvalue weighted by Gasteiger charge is -2.19. The summed E-state index contributed by atoms with van der Waals surface area (Å²) < 4.78 is 11.2. The number of nitrogens with one attached hydrogen (secondary N) is 2. The number of hydrogen-bond acceptors (Lipinski definition) is 5. The molecule has 1 heterocycles. The second-order valence-corrected chi connectivity index (χ2v) is 5.98. The predicted octanol–water partition coefficient (Wildman–Crippen LogP) is 2.76. The Balaban J connectivity index is 0.00000392. The van der Waals surface area contributed by atoms with Crippen molar-refractivity contribution in [1.82, 2.24) is 15.6 Å². The van der Waals surface area contributed by atoms with E-state index < -0.39 is 6.10 Å². The number of aromatic nitrogens is 1. The first-order valence-electron chi connectivity index (χ1n) is 9.03. The highest BCUT2D eigenvalue weighted by atomic mass is 127. The maximum absolute atomic E-state index is 10.2. The first-order valence-corrected chi connectivity index (χ1v) is 9.03. The van der Waals surface area contributed by atoms with Gasteiger partial charge in [-0.05, 0) is 43.7 Å².